The van der Waals surface area contributed by atoms with Gasteiger partial charge in [0.2, 0.25) is 11.8 Å². The Hall–Kier alpha value is -2.57. The van der Waals surface area contributed by atoms with E-state index < -0.39 is 6.04 Å². The highest BCUT2D eigenvalue weighted by atomic mass is 16.5. The molecule has 3 rings (SSSR count). The van der Waals surface area contributed by atoms with Crippen LogP contribution in [0.4, 0.5) is 0 Å². The maximum absolute atomic E-state index is 12.5. The minimum absolute atomic E-state index is 0.0434. The van der Waals surface area contributed by atoms with Crippen LogP contribution in [0.5, 0.6) is 5.75 Å². The van der Waals surface area contributed by atoms with E-state index in [4.69, 9.17) is 4.74 Å². The lowest BCUT2D eigenvalue weighted by Gasteiger charge is -2.42. The molecule has 2 fully saturated rings. The number of nitrogens with zero attached hydrogens (tertiary/aromatic N) is 2. The first-order valence-corrected chi connectivity index (χ1v) is 7.10. The summed E-state index contributed by atoms with van der Waals surface area (Å²) in [5, 5.41) is 2.56. The Morgan fingerprint density at radius 2 is 1.95 bits per heavy atom. The van der Waals surface area contributed by atoms with Gasteiger partial charge in [0.25, 0.3) is 5.91 Å². The molecule has 7 heteroatoms. The summed E-state index contributed by atoms with van der Waals surface area (Å²) in [4.78, 5) is 39.4. The van der Waals surface area contributed by atoms with Gasteiger partial charge in [-0.15, -0.1) is 0 Å². The number of rotatable bonds is 2. The van der Waals surface area contributed by atoms with Crippen molar-refractivity contribution in [1.82, 2.24) is 15.1 Å². The smallest absolute Gasteiger partial charge is 0.254 e. The maximum atomic E-state index is 12.5. The molecule has 2 aliphatic heterocycles. The Kier molecular flexibility index (Phi) is 3.70. The van der Waals surface area contributed by atoms with E-state index in [0.29, 0.717) is 24.4 Å². The quantitative estimate of drug-likeness (QED) is 0.797. The molecule has 0 aromatic heterocycles. The molecule has 2 heterocycles. The standard InChI is InChI=1S/C15H17N3O4/c1-22-11-4-2-10(3-5-11)15(21)17-6-7-18-12(9-17)14(20)16-8-13(18)19/h2-5,12H,6-9H2,1H3,(H,16,20). The molecule has 116 valence electrons. The van der Waals surface area contributed by atoms with Gasteiger partial charge in [0.1, 0.15) is 11.8 Å². The minimum Gasteiger partial charge on any atom is -0.497 e. The van der Waals surface area contributed by atoms with E-state index in [-0.39, 0.29) is 30.8 Å². The summed E-state index contributed by atoms with van der Waals surface area (Å²) in [7, 11) is 1.56. The van der Waals surface area contributed by atoms with Gasteiger partial charge in [-0.1, -0.05) is 0 Å². The van der Waals surface area contributed by atoms with Gasteiger partial charge in [0.05, 0.1) is 20.2 Å². The zero-order valence-electron chi connectivity index (χ0n) is 12.2. The fourth-order valence-electron chi connectivity index (χ4n) is 2.79. The summed E-state index contributed by atoms with van der Waals surface area (Å²) in [5.74, 6) is 0.236. The number of nitrogens with one attached hydrogen (secondary N) is 1. The molecule has 3 amide bonds. The molecule has 0 bridgehead atoms. The molecule has 7 nitrogen and oxygen atoms in total. The van der Waals surface area contributed by atoms with Gasteiger partial charge < -0.3 is 19.9 Å². The number of piperazine rings is 2. The van der Waals surface area contributed by atoms with E-state index in [2.05, 4.69) is 5.32 Å². The van der Waals surface area contributed by atoms with Crippen molar-refractivity contribution in [1.29, 1.82) is 0 Å². The van der Waals surface area contributed by atoms with Crippen LogP contribution in [0.25, 0.3) is 0 Å². The summed E-state index contributed by atoms with van der Waals surface area (Å²) in [6.45, 7) is 1.09. The monoisotopic (exact) mass is 303 g/mol. The van der Waals surface area contributed by atoms with Crippen LogP contribution in [0.3, 0.4) is 0 Å². The molecule has 0 aliphatic carbocycles. The number of ether oxygens (including phenoxy) is 1. The van der Waals surface area contributed by atoms with Gasteiger partial charge in [0.15, 0.2) is 0 Å². The summed E-state index contributed by atoms with van der Waals surface area (Å²) in [6.07, 6.45) is 0. The van der Waals surface area contributed by atoms with Crippen LogP contribution in [0.2, 0.25) is 0 Å². The molecule has 1 aromatic carbocycles. The normalized spacial score (nSPS) is 21.2. The number of hydrogen-bond donors (Lipinski definition) is 1. The largest absolute Gasteiger partial charge is 0.497 e. The molecule has 0 spiro atoms. The van der Waals surface area contributed by atoms with Crippen LogP contribution in [-0.4, -0.2) is 66.9 Å². The molecule has 1 atom stereocenters. The third-order valence-electron chi connectivity index (χ3n) is 4.04. The van der Waals surface area contributed by atoms with Gasteiger partial charge in [-0.2, -0.15) is 0 Å². The highest BCUT2D eigenvalue weighted by molar-refractivity contribution is 5.98. The van der Waals surface area contributed by atoms with E-state index >= 15 is 0 Å². The van der Waals surface area contributed by atoms with Crippen molar-refractivity contribution in [3.63, 3.8) is 0 Å². The average molecular weight is 303 g/mol. The number of carbonyl (C=O) groups excluding carboxylic acids is 3. The Morgan fingerprint density at radius 3 is 2.64 bits per heavy atom. The van der Waals surface area contributed by atoms with E-state index in [0.717, 1.165) is 0 Å². The van der Waals surface area contributed by atoms with Crippen molar-refractivity contribution in [2.45, 2.75) is 6.04 Å². The van der Waals surface area contributed by atoms with Crippen LogP contribution in [-0.2, 0) is 9.59 Å². The third kappa shape index (κ3) is 2.49. The molecular formula is C15H17N3O4. The Balaban J connectivity index is 1.74. The number of hydrogen-bond acceptors (Lipinski definition) is 4. The number of benzene rings is 1. The summed E-state index contributed by atoms with van der Waals surface area (Å²) in [6, 6.07) is 6.25. The van der Waals surface area contributed by atoms with E-state index in [9.17, 15) is 14.4 Å². The van der Waals surface area contributed by atoms with Gasteiger partial charge in [-0.25, -0.2) is 0 Å². The summed E-state index contributed by atoms with van der Waals surface area (Å²) < 4.78 is 5.07. The average Bonchev–Trinajstić information content (AvgIpc) is 2.57. The zero-order chi connectivity index (χ0) is 15.7. The molecule has 2 aliphatic rings. The molecule has 0 radical (unpaired) electrons. The third-order valence-corrected chi connectivity index (χ3v) is 4.04. The second-order valence-electron chi connectivity index (χ2n) is 5.30. The topological polar surface area (TPSA) is 79.0 Å². The van der Waals surface area contributed by atoms with Crippen molar-refractivity contribution < 1.29 is 19.1 Å². The van der Waals surface area contributed by atoms with E-state index in [1.165, 1.54) is 0 Å². The van der Waals surface area contributed by atoms with Crippen molar-refractivity contribution in [2.24, 2.45) is 0 Å². The van der Waals surface area contributed by atoms with Crippen molar-refractivity contribution in [2.75, 3.05) is 33.3 Å². The Labute approximate surface area is 127 Å². The molecule has 0 saturated carbocycles. The lowest BCUT2D eigenvalue weighted by Crippen LogP contribution is -2.66. The highest BCUT2D eigenvalue weighted by Gasteiger charge is 2.39. The number of fused-ring (bicyclic) bond motifs is 1. The fourth-order valence-corrected chi connectivity index (χ4v) is 2.79. The van der Waals surface area contributed by atoms with Crippen LogP contribution in [0.1, 0.15) is 10.4 Å². The number of carbonyl (C=O) groups is 3. The molecule has 1 aromatic rings. The molecule has 22 heavy (non-hydrogen) atoms. The van der Waals surface area contributed by atoms with Gasteiger partial charge in [-0.3, -0.25) is 14.4 Å². The highest BCUT2D eigenvalue weighted by Crippen LogP contribution is 2.17. The van der Waals surface area contributed by atoms with Crippen LogP contribution >= 0.6 is 0 Å². The van der Waals surface area contributed by atoms with Crippen LogP contribution in [0.15, 0.2) is 24.3 Å². The molecule has 1 N–H and O–H groups in total. The number of amides is 3. The van der Waals surface area contributed by atoms with Crippen LogP contribution in [0, 0.1) is 0 Å². The lowest BCUT2D eigenvalue weighted by atomic mass is 10.1. The van der Waals surface area contributed by atoms with Gasteiger partial charge in [-0.05, 0) is 24.3 Å². The van der Waals surface area contributed by atoms with E-state index in [1.54, 1.807) is 41.2 Å². The first kappa shape index (κ1) is 14.4. The molecular weight excluding hydrogens is 286 g/mol. The van der Waals surface area contributed by atoms with Crippen molar-refractivity contribution in [3.05, 3.63) is 29.8 Å². The lowest BCUT2D eigenvalue weighted by molar-refractivity contribution is -0.148. The minimum atomic E-state index is -0.586. The Bertz CT molecular complexity index is 614. The Morgan fingerprint density at radius 1 is 1.23 bits per heavy atom. The van der Waals surface area contributed by atoms with Gasteiger partial charge >= 0.3 is 0 Å². The summed E-state index contributed by atoms with van der Waals surface area (Å²) in [5.41, 5.74) is 0.539. The second-order valence-corrected chi connectivity index (χ2v) is 5.30. The SMILES string of the molecule is COc1ccc(C(=O)N2CCN3C(=O)CNC(=O)C3C2)cc1. The fraction of sp³-hybridized carbons (Fsp3) is 0.400. The maximum Gasteiger partial charge on any atom is 0.254 e. The molecule has 2 saturated heterocycles. The van der Waals surface area contributed by atoms with Crippen molar-refractivity contribution in [3.8, 4) is 5.75 Å². The first-order chi connectivity index (χ1) is 10.6. The molecule has 1 unspecified atom stereocenters. The number of methoxy groups -OCH3 is 1. The second kappa shape index (κ2) is 5.67. The predicted octanol–water partition coefficient (Wildman–Crippen LogP) is -0.522. The van der Waals surface area contributed by atoms with E-state index in [1.807, 2.05) is 0 Å². The predicted molar refractivity (Wildman–Crippen MR) is 77.4 cm³/mol. The first-order valence-electron chi connectivity index (χ1n) is 7.10. The van der Waals surface area contributed by atoms with Gasteiger partial charge in [0, 0.05) is 18.7 Å². The van der Waals surface area contributed by atoms with Crippen LogP contribution < -0.4 is 10.1 Å². The zero-order valence-corrected chi connectivity index (χ0v) is 12.2. The van der Waals surface area contributed by atoms with Crippen molar-refractivity contribution >= 4 is 17.7 Å². The summed E-state index contributed by atoms with van der Waals surface area (Å²) >= 11 is 0.